The van der Waals surface area contributed by atoms with Gasteiger partial charge in [-0.15, -0.1) is 24.0 Å². The Hall–Kier alpha value is -2.10. The van der Waals surface area contributed by atoms with Gasteiger partial charge in [0.1, 0.15) is 6.54 Å². The molecule has 2 heterocycles. The minimum Gasteiger partial charge on any atom is -0.352 e. The van der Waals surface area contributed by atoms with Crippen LogP contribution in [0.1, 0.15) is 25.3 Å². The first kappa shape index (κ1) is 22.2. The summed E-state index contributed by atoms with van der Waals surface area (Å²) in [5.41, 5.74) is 1.88. The minimum absolute atomic E-state index is 0. The van der Waals surface area contributed by atoms with Gasteiger partial charge in [-0.1, -0.05) is 19.1 Å². The first-order chi connectivity index (χ1) is 13.1. The van der Waals surface area contributed by atoms with Crippen LogP contribution in [0.5, 0.6) is 0 Å². The molecule has 1 aromatic carbocycles. The lowest BCUT2D eigenvalue weighted by Gasteiger charge is -2.33. The van der Waals surface area contributed by atoms with Crippen LogP contribution in [-0.4, -0.2) is 46.7 Å². The molecule has 0 aliphatic carbocycles. The number of anilines is 1. The molecule has 2 aromatic rings. The minimum atomic E-state index is -0.0954. The van der Waals surface area contributed by atoms with E-state index in [0.29, 0.717) is 12.5 Å². The normalized spacial score (nSPS) is 17.0. The van der Waals surface area contributed by atoms with Gasteiger partial charge in [0, 0.05) is 44.8 Å². The van der Waals surface area contributed by atoms with Gasteiger partial charge in [-0.3, -0.25) is 14.5 Å². The molecule has 1 saturated heterocycles. The first-order valence-electron chi connectivity index (χ1n) is 9.46. The van der Waals surface area contributed by atoms with Crippen molar-refractivity contribution in [3.63, 3.8) is 0 Å². The van der Waals surface area contributed by atoms with Crippen molar-refractivity contribution in [2.75, 3.05) is 25.5 Å². The Morgan fingerprint density at radius 1 is 1.36 bits per heavy atom. The molecule has 1 unspecified atom stereocenters. The predicted molar refractivity (Wildman–Crippen MR) is 123 cm³/mol. The third-order valence-corrected chi connectivity index (χ3v) is 4.69. The van der Waals surface area contributed by atoms with E-state index < -0.39 is 0 Å². The number of likely N-dealkylation sites (tertiary alicyclic amines) is 1. The van der Waals surface area contributed by atoms with Crippen molar-refractivity contribution < 1.29 is 4.79 Å². The summed E-state index contributed by atoms with van der Waals surface area (Å²) >= 11 is 0. The molecule has 3 rings (SSSR count). The van der Waals surface area contributed by atoms with Crippen LogP contribution < -0.4 is 10.6 Å². The fraction of sp³-hybridized carbons (Fsp3) is 0.450. The quantitative estimate of drug-likeness (QED) is 0.380. The van der Waals surface area contributed by atoms with Gasteiger partial charge in [-0.25, -0.2) is 0 Å². The van der Waals surface area contributed by atoms with Crippen LogP contribution in [0.15, 0.2) is 47.7 Å². The number of amides is 1. The summed E-state index contributed by atoms with van der Waals surface area (Å²) in [4.78, 5) is 18.9. The second-order valence-corrected chi connectivity index (χ2v) is 7.05. The first-order valence-corrected chi connectivity index (χ1v) is 9.46. The van der Waals surface area contributed by atoms with E-state index in [0.717, 1.165) is 30.3 Å². The zero-order valence-corrected chi connectivity index (χ0v) is 18.8. The van der Waals surface area contributed by atoms with Crippen molar-refractivity contribution in [3.8, 4) is 0 Å². The van der Waals surface area contributed by atoms with Gasteiger partial charge < -0.3 is 15.5 Å². The van der Waals surface area contributed by atoms with Crippen LogP contribution in [-0.2, 0) is 17.9 Å². The van der Waals surface area contributed by atoms with Crippen LogP contribution in [0.2, 0.25) is 0 Å². The number of benzene rings is 1. The van der Waals surface area contributed by atoms with Crippen molar-refractivity contribution in [2.24, 2.45) is 10.9 Å². The van der Waals surface area contributed by atoms with Gasteiger partial charge in [-0.05, 0) is 42.5 Å². The molecule has 1 fully saturated rings. The van der Waals surface area contributed by atoms with Crippen LogP contribution in [0.4, 0.5) is 5.69 Å². The van der Waals surface area contributed by atoms with E-state index >= 15 is 0 Å². The Labute approximate surface area is 183 Å². The maximum absolute atomic E-state index is 12.1. The number of piperidine rings is 1. The molecule has 28 heavy (non-hydrogen) atoms. The summed E-state index contributed by atoms with van der Waals surface area (Å²) in [6, 6.07) is 9.68. The van der Waals surface area contributed by atoms with E-state index in [1.54, 1.807) is 23.1 Å². The number of nitrogens with one attached hydrogen (secondary N) is 2. The molecule has 0 saturated carbocycles. The third-order valence-electron chi connectivity index (χ3n) is 4.69. The van der Waals surface area contributed by atoms with E-state index in [4.69, 9.17) is 0 Å². The van der Waals surface area contributed by atoms with E-state index in [1.165, 1.54) is 12.8 Å². The molecule has 1 aliphatic rings. The van der Waals surface area contributed by atoms with E-state index in [1.807, 2.05) is 31.3 Å². The summed E-state index contributed by atoms with van der Waals surface area (Å²) in [6.07, 6.45) is 5.93. The Morgan fingerprint density at radius 3 is 2.93 bits per heavy atom. The smallest absolute Gasteiger partial charge is 0.246 e. The zero-order chi connectivity index (χ0) is 19.1. The number of hydrogen-bond donors (Lipinski definition) is 2. The molecule has 1 amide bonds. The number of aromatic nitrogens is 2. The summed E-state index contributed by atoms with van der Waals surface area (Å²) < 4.78 is 1.60. The maximum atomic E-state index is 12.1. The van der Waals surface area contributed by atoms with Crippen LogP contribution >= 0.6 is 24.0 Å². The van der Waals surface area contributed by atoms with E-state index in [9.17, 15) is 4.79 Å². The Bertz CT molecular complexity index is 777. The van der Waals surface area contributed by atoms with Crippen molar-refractivity contribution in [1.29, 1.82) is 0 Å². The molecule has 1 aliphatic heterocycles. The Kier molecular flexibility index (Phi) is 8.75. The lowest BCUT2D eigenvalue weighted by molar-refractivity contribution is -0.116. The molecule has 7 nitrogen and oxygen atoms in total. The third kappa shape index (κ3) is 6.50. The van der Waals surface area contributed by atoms with E-state index in [-0.39, 0.29) is 36.4 Å². The molecule has 1 aromatic heterocycles. The number of nitrogens with zero attached hydrogens (tertiary/aromatic N) is 4. The number of carbonyl (C=O) groups excluding carboxylic acids is 1. The number of rotatable bonds is 5. The van der Waals surface area contributed by atoms with Gasteiger partial charge in [0.2, 0.25) is 5.91 Å². The van der Waals surface area contributed by atoms with Gasteiger partial charge in [-0.2, -0.15) is 5.10 Å². The molecular formula is C20H29IN6O. The number of guanidine groups is 1. The molecule has 8 heteroatoms. The van der Waals surface area contributed by atoms with Gasteiger partial charge in [0.05, 0.1) is 0 Å². The molecular weight excluding hydrogens is 467 g/mol. The monoisotopic (exact) mass is 496 g/mol. The molecule has 2 N–H and O–H groups in total. The SMILES string of the molecule is CN=C(NCc1cccc(NC(=O)Cn2cccn2)c1)N1CCCC(C)C1.I. The lowest BCUT2D eigenvalue weighted by Crippen LogP contribution is -2.45. The average molecular weight is 496 g/mol. The highest BCUT2D eigenvalue weighted by atomic mass is 127. The second-order valence-electron chi connectivity index (χ2n) is 7.05. The fourth-order valence-electron chi connectivity index (χ4n) is 3.40. The van der Waals surface area contributed by atoms with Gasteiger partial charge in [0.25, 0.3) is 0 Å². The largest absolute Gasteiger partial charge is 0.352 e. The van der Waals surface area contributed by atoms with Crippen LogP contribution in [0, 0.1) is 5.92 Å². The molecule has 0 radical (unpaired) electrons. The Balaban J connectivity index is 0.00000280. The van der Waals surface area contributed by atoms with Crippen LogP contribution in [0.3, 0.4) is 0 Å². The standard InChI is InChI=1S/C20H28N6O.HI/c1-16-6-4-10-25(14-16)20(21-2)22-13-17-7-3-8-18(12-17)24-19(27)15-26-11-5-9-23-26;/h3,5,7-9,11-12,16H,4,6,10,13-15H2,1-2H3,(H,21,22)(H,24,27);1H. The number of halogens is 1. The van der Waals surface area contributed by atoms with Gasteiger partial charge >= 0.3 is 0 Å². The highest BCUT2D eigenvalue weighted by Crippen LogP contribution is 2.16. The predicted octanol–water partition coefficient (Wildman–Crippen LogP) is 2.95. The lowest BCUT2D eigenvalue weighted by atomic mass is 10.0. The zero-order valence-electron chi connectivity index (χ0n) is 16.5. The average Bonchev–Trinajstić information content (AvgIpc) is 3.15. The second kappa shape index (κ2) is 11.0. The summed E-state index contributed by atoms with van der Waals surface area (Å²) in [5.74, 6) is 1.54. The summed E-state index contributed by atoms with van der Waals surface area (Å²) in [7, 11) is 1.83. The maximum Gasteiger partial charge on any atom is 0.246 e. The topological polar surface area (TPSA) is 74.5 Å². The number of aliphatic imine (C=N–C) groups is 1. The molecule has 0 spiro atoms. The fourth-order valence-corrected chi connectivity index (χ4v) is 3.40. The van der Waals surface area contributed by atoms with Crippen molar-refractivity contribution in [1.82, 2.24) is 20.0 Å². The van der Waals surface area contributed by atoms with Crippen molar-refractivity contribution >= 4 is 41.5 Å². The number of carbonyl (C=O) groups is 1. The van der Waals surface area contributed by atoms with Crippen molar-refractivity contribution in [3.05, 3.63) is 48.3 Å². The highest BCUT2D eigenvalue weighted by Gasteiger charge is 2.19. The molecule has 0 bridgehead atoms. The van der Waals surface area contributed by atoms with Crippen LogP contribution in [0.25, 0.3) is 0 Å². The van der Waals surface area contributed by atoms with E-state index in [2.05, 4.69) is 32.5 Å². The number of hydrogen-bond acceptors (Lipinski definition) is 3. The van der Waals surface area contributed by atoms with Gasteiger partial charge in [0.15, 0.2) is 5.96 Å². The summed E-state index contributed by atoms with van der Waals surface area (Å²) in [6.45, 7) is 5.25. The van der Waals surface area contributed by atoms with Crippen molar-refractivity contribution in [2.45, 2.75) is 32.9 Å². The highest BCUT2D eigenvalue weighted by molar-refractivity contribution is 14.0. The molecule has 152 valence electrons. The Morgan fingerprint density at radius 2 is 2.21 bits per heavy atom. The summed E-state index contributed by atoms with van der Waals surface area (Å²) in [5, 5.41) is 10.4. The molecule has 1 atom stereocenters.